The van der Waals surface area contributed by atoms with Crippen molar-refractivity contribution in [3.63, 3.8) is 0 Å². The van der Waals surface area contributed by atoms with E-state index in [0.717, 1.165) is 42.5 Å². The molecule has 3 aromatic carbocycles. The van der Waals surface area contributed by atoms with E-state index < -0.39 is 50.1 Å². The molecule has 0 N–H and O–H groups in total. The fourth-order valence-corrected chi connectivity index (χ4v) is 6.21. The number of carboxylic acids is 4. The molecule has 0 saturated heterocycles. The van der Waals surface area contributed by atoms with E-state index in [1.54, 1.807) is 36.4 Å². The van der Waals surface area contributed by atoms with E-state index in [1.165, 1.54) is 0 Å². The van der Waals surface area contributed by atoms with Crippen LogP contribution < -0.4 is 20.4 Å². The van der Waals surface area contributed by atoms with Crippen molar-refractivity contribution in [1.82, 2.24) is 24.8 Å². The van der Waals surface area contributed by atoms with Gasteiger partial charge in [-0.3, -0.25) is 9.80 Å². The Balaban J connectivity index is 0.00000541. The molecule has 6 aromatic rings. The van der Waals surface area contributed by atoms with Gasteiger partial charge in [-0.1, -0.05) is 60.7 Å². The van der Waals surface area contributed by atoms with Gasteiger partial charge in [-0.15, -0.1) is 0 Å². The molecule has 0 bridgehead atoms. The summed E-state index contributed by atoms with van der Waals surface area (Å²) in [5.41, 5.74) is 4.15. The molecule has 266 valence electrons. The molecule has 0 atom stereocenters. The molecule has 0 aliphatic rings. The van der Waals surface area contributed by atoms with E-state index in [-0.39, 0.29) is 62.5 Å². The smallest absolute Gasteiger partial charge is 0.549 e. The second-order valence-electron chi connectivity index (χ2n) is 12.1. The van der Waals surface area contributed by atoms with Gasteiger partial charge in [-0.25, -0.2) is 15.0 Å². The van der Waals surface area contributed by atoms with E-state index in [0.29, 0.717) is 34.2 Å². The Morgan fingerprint density at radius 3 is 1.26 bits per heavy atom. The number of rotatable bonds is 15. The average molecular weight is 848 g/mol. The maximum absolute atomic E-state index is 11.3. The van der Waals surface area contributed by atoms with Gasteiger partial charge < -0.3 is 39.6 Å². The van der Waals surface area contributed by atoms with Crippen molar-refractivity contribution in [1.29, 1.82) is 0 Å². The molecule has 13 nitrogen and oxygen atoms in total. The molecular weight excluding hydrogens is 818 g/mol. The van der Waals surface area contributed by atoms with Gasteiger partial charge in [0.05, 0.1) is 58.0 Å². The monoisotopic (exact) mass is 848 g/mol. The summed E-state index contributed by atoms with van der Waals surface area (Å²) in [5, 5.41) is 49.2. The number of pyridine rings is 3. The molecule has 3 heterocycles. The van der Waals surface area contributed by atoms with Crippen LogP contribution in [0.3, 0.4) is 0 Å². The van der Waals surface area contributed by atoms with E-state index in [1.807, 2.05) is 60.7 Å². The third-order valence-electron chi connectivity index (χ3n) is 8.21. The van der Waals surface area contributed by atoms with Gasteiger partial charge in [-0.2, -0.15) is 0 Å². The van der Waals surface area contributed by atoms with Gasteiger partial charge >= 0.3 is 49.4 Å². The molecule has 0 aliphatic heterocycles. The van der Waals surface area contributed by atoms with Crippen LogP contribution in [-0.2, 0) is 32.3 Å². The summed E-state index contributed by atoms with van der Waals surface area (Å²) in [6.45, 7) is -2.80. The molecule has 0 radical (unpaired) electrons. The molecule has 0 aliphatic carbocycles. The van der Waals surface area contributed by atoms with Crippen LogP contribution in [-0.4, -0.2) is 74.8 Å². The number of carboxylic acid groups (broad SMARTS) is 4. The minimum absolute atomic E-state index is 0. The van der Waals surface area contributed by atoms with Crippen molar-refractivity contribution in [3.8, 4) is 33.9 Å². The zero-order valence-electron chi connectivity index (χ0n) is 27.9. The van der Waals surface area contributed by atoms with Crippen LogP contribution in [0.15, 0.2) is 103 Å². The summed E-state index contributed by atoms with van der Waals surface area (Å²) in [4.78, 5) is 61.9. The second-order valence-corrected chi connectivity index (χ2v) is 12.1. The van der Waals surface area contributed by atoms with Crippen LogP contribution in [0.2, 0.25) is 0 Å². The van der Waals surface area contributed by atoms with E-state index >= 15 is 0 Å². The van der Waals surface area contributed by atoms with Crippen LogP contribution in [0, 0.1) is 49.4 Å². The Morgan fingerprint density at radius 1 is 0.472 bits per heavy atom. The topological polar surface area (TPSA) is 206 Å². The van der Waals surface area contributed by atoms with Crippen molar-refractivity contribution >= 4 is 45.4 Å². The zero-order chi connectivity index (χ0) is 36.8. The summed E-state index contributed by atoms with van der Waals surface area (Å²) < 4.78 is 0. The number of carbonyl (C=O) groups is 4. The first-order chi connectivity index (χ1) is 25.0. The molecule has 0 saturated carbocycles. The molecule has 53 heavy (non-hydrogen) atoms. The summed E-state index contributed by atoms with van der Waals surface area (Å²) >= 11 is 0. The molecule has 0 fully saturated rings. The van der Waals surface area contributed by atoms with Crippen LogP contribution in [0.4, 0.5) is 0 Å². The Morgan fingerprint density at radius 2 is 0.868 bits per heavy atom. The molecule has 14 heteroatoms. The number of hydrogen-bond donors (Lipinski definition) is 0. The molecule has 0 amide bonds. The quantitative estimate of drug-likeness (QED) is 0.123. The number of benzene rings is 3. The van der Waals surface area contributed by atoms with Crippen molar-refractivity contribution in [2.75, 3.05) is 26.2 Å². The first-order valence-corrected chi connectivity index (χ1v) is 16.1. The summed E-state index contributed by atoms with van der Waals surface area (Å²) in [6.07, 6.45) is 0. The summed E-state index contributed by atoms with van der Waals surface area (Å²) in [5.74, 6) is -5.79. The Labute approximate surface area is 344 Å². The Kier molecular flexibility index (Phi) is 13.1. The zero-order valence-corrected chi connectivity index (χ0v) is 30.4. The van der Waals surface area contributed by atoms with Gasteiger partial charge in [0, 0.05) is 39.3 Å². The Bertz CT molecular complexity index is 2150. The standard InChI is InChI=1S/C39H33N5O8.Eu/c45-35(46)20-43(21-36(47)48)18-27-9-5-13-31(40-27)33-16-26(39-29-11-3-1-7-24(29)15-25-8-2-4-12-30(25)39)17-34(42-33)32-14-6-10-28(41-32)19-44(22-37(49)50)23-38(51)52;/h1-17H,18-23H2,(H,45,46)(H,47,48)(H,49,50)(H,51,52);/q;+3/p-4. The van der Waals surface area contributed by atoms with Crippen molar-refractivity contribution < 1.29 is 89.0 Å². The third kappa shape index (κ3) is 10.1. The van der Waals surface area contributed by atoms with Crippen LogP contribution in [0.5, 0.6) is 0 Å². The van der Waals surface area contributed by atoms with Gasteiger partial charge in [0.15, 0.2) is 0 Å². The average Bonchev–Trinajstić information content (AvgIpc) is 3.09. The fraction of sp³-hybridized carbons (Fsp3) is 0.154. The van der Waals surface area contributed by atoms with E-state index in [9.17, 15) is 39.6 Å². The predicted octanol–water partition coefficient (Wildman–Crippen LogP) is -0.217. The van der Waals surface area contributed by atoms with Crippen LogP contribution >= 0.6 is 0 Å². The maximum atomic E-state index is 11.3. The van der Waals surface area contributed by atoms with Crippen LogP contribution in [0.25, 0.3) is 55.4 Å². The first kappa shape index (κ1) is 39.2. The summed E-state index contributed by atoms with van der Waals surface area (Å²) in [7, 11) is 0. The van der Waals surface area contributed by atoms with Gasteiger partial charge in [0.1, 0.15) is 0 Å². The largest absolute Gasteiger partial charge is 3.00 e. The van der Waals surface area contributed by atoms with Crippen molar-refractivity contribution in [3.05, 3.63) is 115 Å². The second kappa shape index (κ2) is 17.7. The SMILES string of the molecule is O=C([O-])CN(CC(=O)[O-])Cc1cccc(-c2cc(-c3c4ccccc4cc4ccccc34)cc(-c3cccc(CN(CC(=O)[O-])CC(=O)[O-])n3)n2)n1.[Eu+3]. The molecule has 0 spiro atoms. The van der Waals surface area contributed by atoms with E-state index in [4.69, 9.17) is 15.0 Å². The predicted molar refractivity (Wildman–Crippen MR) is 182 cm³/mol. The van der Waals surface area contributed by atoms with E-state index in [2.05, 4.69) is 6.07 Å². The van der Waals surface area contributed by atoms with Gasteiger partial charge in [0.2, 0.25) is 0 Å². The minimum Gasteiger partial charge on any atom is -0.549 e. The fourth-order valence-electron chi connectivity index (χ4n) is 6.21. The molecule has 3 aromatic heterocycles. The molecular formula is C39H29EuN5O8-. The van der Waals surface area contributed by atoms with Gasteiger partial charge in [0.25, 0.3) is 0 Å². The minimum atomic E-state index is -1.45. The molecule has 0 unspecified atom stereocenters. The number of carbonyl (C=O) groups excluding carboxylic acids is 4. The number of fused-ring (bicyclic) bond motifs is 2. The van der Waals surface area contributed by atoms with Crippen molar-refractivity contribution in [2.45, 2.75) is 13.1 Å². The summed E-state index contributed by atoms with van der Waals surface area (Å²) in [6, 6.07) is 32.0. The maximum Gasteiger partial charge on any atom is 3.00 e. The third-order valence-corrected chi connectivity index (χ3v) is 8.21. The Hall–Kier alpha value is -4.99. The number of nitrogens with zero attached hydrogens (tertiary/aromatic N) is 5. The van der Waals surface area contributed by atoms with Crippen molar-refractivity contribution in [2.24, 2.45) is 0 Å². The number of hydrogen-bond acceptors (Lipinski definition) is 13. The normalized spacial score (nSPS) is 11.1. The number of aliphatic carboxylic acids is 4. The van der Waals surface area contributed by atoms with Crippen LogP contribution in [0.1, 0.15) is 11.4 Å². The van der Waals surface area contributed by atoms with Gasteiger partial charge in [-0.05, 0) is 75.1 Å². The first-order valence-electron chi connectivity index (χ1n) is 16.1. The molecule has 6 rings (SSSR count). The number of aromatic nitrogens is 3.